The van der Waals surface area contributed by atoms with Crippen LogP contribution in [-0.2, 0) is 4.79 Å². The SMILES string of the molecule is CCC(CNc1cnccn1)C(=O)O. The lowest BCUT2D eigenvalue weighted by Gasteiger charge is -2.10. The zero-order valence-corrected chi connectivity index (χ0v) is 7.97. The number of anilines is 1. The standard InChI is InChI=1S/C9H13N3O2/c1-2-7(9(13)14)5-12-8-6-10-3-4-11-8/h3-4,6-7H,2,5H2,1H3,(H,11,12)(H,13,14). The van der Waals surface area contributed by atoms with Crippen LogP contribution >= 0.6 is 0 Å². The third-order valence-electron chi connectivity index (χ3n) is 1.93. The quantitative estimate of drug-likeness (QED) is 0.733. The molecule has 14 heavy (non-hydrogen) atoms. The summed E-state index contributed by atoms with van der Waals surface area (Å²) < 4.78 is 0. The molecular weight excluding hydrogens is 182 g/mol. The van der Waals surface area contributed by atoms with Gasteiger partial charge in [0.25, 0.3) is 0 Å². The Balaban J connectivity index is 2.44. The minimum Gasteiger partial charge on any atom is -0.481 e. The predicted molar refractivity (Wildman–Crippen MR) is 51.9 cm³/mol. The first-order valence-corrected chi connectivity index (χ1v) is 4.46. The highest BCUT2D eigenvalue weighted by atomic mass is 16.4. The van der Waals surface area contributed by atoms with Gasteiger partial charge in [-0.3, -0.25) is 9.78 Å². The van der Waals surface area contributed by atoms with Crippen molar-refractivity contribution in [1.82, 2.24) is 9.97 Å². The monoisotopic (exact) mass is 195 g/mol. The maximum absolute atomic E-state index is 10.7. The van der Waals surface area contributed by atoms with E-state index in [0.717, 1.165) is 0 Å². The number of hydrogen-bond acceptors (Lipinski definition) is 4. The lowest BCUT2D eigenvalue weighted by atomic mass is 10.1. The first kappa shape index (κ1) is 10.4. The topological polar surface area (TPSA) is 75.1 Å². The second-order valence-electron chi connectivity index (χ2n) is 2.91. The number of nitrogens with one attached hydrogen (secondary N) is 1. The Morgan fingerprint density at radius 2 is 2.43 bits per heavy atom. The second kappa shape index (κ2) is 5.16. The Morgan fingerprint density at radius 3 is 2.93 bits per heavy atom. The average molecular weight is 195 g/mol. The van der Waals surface area contributed by atoms with Crippen LogP contribution in [-0.4, -0.2) is 27.6 Å². The van der Waals surface area contributed by atoms with Gasteiger partial charge < -0.3 is 10.4 Å². The molecule has 0 aliphatic heterocycles. The summed E-state index contributed by atoms with van der Waals surface area (Å²) in [6.07, 6.45) is 5.29. The summed E-state index contributed by atoms with van der Waals surface area (Å²) in [5.41, 5.74) is 0. The molecule has 1 aromatic rings. The molecule has 1 rings (SSSR count). The molecule has 0 fully saturated rings. The molecule has 0 aliphatic carbocycles. The van der Waals surface area contributed by atoms with Crippen LogP contribution in [0.5, 0.6) is 0 Å². The van der Waals surface area contributed by atoms with Crippen LogP contribution in [0.3, 0.4) is 0 Å². The maximum atomic E-state index is 10.7. The molecule has 5 heteroatoms. The van der Waals surface area contributed by atoms with Crippen LogP contribution in [0, 0.1) is 5.92 Å². The number of carbonyl (C=O) groups is 1. The Bertz CT molecular complexity index is 289. The minimum absolute atomic E-state index is 0.378. The summed E-state index contributed by atoms with van der Waals surface area (Å²) in [6.45, 7) is 2.22. The first-order chi connectivity index (χ1) is 6.74. The average Bonchev–Trinajstić information content (AvgIpc) is 2.20. The highest BCUT2D eigenvalue weighted by molar-refractivity contribution is 5.70. The molecule has 1 heterocycles. The molecule has 0 saturated carbocycles. The molecule has 0 radical (unpaired) electrons. The van der Waals surface area contributed by atoms with Crippen molar-refractivity contribution in [2.45, 2.75) is 13.3 Å². The minimum atomic E-state index is -0.788. The first-order valence-electron chi connectivity index (χ1n) is 4.46. The van der Waals surface area contributed by atoms with Crippen molar-refractivity contribution in [3.63, 3.8) is 0 Å². The van der Waals surface area contributed by atoms with Crippen LogP contribution in [0.2, 0.25) is 0 Å². The molecule has 0 amide bonds. The predicted octanol–water partition coefficient (Wildman–Crippen LogP) is 0.999. The lowest BCUT2D eigenvalue weighted by molar-refractivity contribution is -0.141. The van der Waals surface area contributed by atoms with Crippen LogP contribution in [0.4, 0.5) is 5.82 Å². The van der Waals surface area contributed by atoms with Gasteiger partial charge in [-0.2, -0.15) is 0 Å². The third kappa shape index (κ3) is 3.01. The number of carboxylic acid groups (broad SMARTS) is 1. The van der Waals surface area contributed by atoms with Crippen LogP contribution < -0.4 is 5.32 Å². The van der Waals surface area contributed by atoms with Gasteiger partial charge in [-0.25, -0.2) is 4.98 Å². The maximum Gasteiger partial charge on any atom is 0.308 e. The normalized spacial score (nSPS) is 12.1. The number of aliphatic carboxylic acids is 1. The van der Waals surface area contributed by atoms with E-state index in [1.165, 1.54) is 0 Å². The van der Waals surface area contributed by atoms with Gasteiger partial charge in [0.05, 0.1) is 12.1 Å². The molecule has 5 nitrogen and oxygen atoms in total. The van der Waals surface area contributed by atoms with Crippen molar-refractivity contribution in [2.75, 3.05) is 11.9 Å². The van der Waals surface area contributed by atoms with Gasteiger partial charge in [0.2, 0.25) is 0 Å². The second-order valence-corrected chi connectivity index (χ2v) is 2.91. The Morgan fingerprint density at radius 1 is 1.64 bits per heavy atom. The molecule has 1 atom stereocenters. The summed E-state index contributed by atoms with van der Waals surface area (Å²) in [5, 5.41) is 11.7. The molecule has 2 N–H and O–H groups in total. The van der Waals surface area contributed by atoms with E-state index in [9.17, 15) is 4.79 Å². The van der Waals surface area contributed by atoms with Crippen LogP contribution in [0.1, 0.15) is 13.3 Å². The summed E-state index contributed by atoms with van der Waals surface area (Å²) >= 11 is 0. The van der Waals surface area contributed by atoms with Crippen molar-refractivity contribution in [3.8, 4) is 0 Å². The van der Waals surface area contributed by atoms with Crippen LogP contribution in [0.25, 0.3) is 0 Å². The van der Waals surface area contributed by atoms with Crippen LogP contribution in [0.15, 0.2) is 18.6 Å². The molecule has 0 bridgehead atoms. The van der Waals surface area contributed by atoms with Crippen molar-refractivity contribution in [3.05, 3.63) is 18.6 Å². The molecular formula is C9H13N3O2. The zero-order chi connectivity index (χ0) is 10.4. The lowest BCUT2D eigenvalue weighted by Crippen LogP contribution is -2.22. The van der Waals surface area contributed by atoms with Gasteiger partial charge >= 0.3 is 5.97 Å². The van der Waals surface area contributed by atoms with E-state index >= 15 is 0 Å². The van der Waals surface area contributed by atoms with Gasteiger partial charge in [-0.1, -0.05) is 6.92 Å². The van der Waals surface area contributed by atoms with E-state index in [1.54, 1.807) is 18.6 Å². The van der Waals surface area contributed by atoms with E-state index < -0.39 is 5.97 Å². The zero-order valence-electron chi connectivity index (χ0n) is 7.97. The Labute approximate surface area is 82.2 Å². The van der Waals surface area contributed by atoms with Crippen molar-refractivity contribution < 1.29 is 9.90 Å². The molecule has 0 spiro atoms. The molecule has 76 valence electrons. The summed E-state index contributed by atoms with van der Waals surface area (Å²) in [5.74, 6) is -0.562. The number of nitrogens with zero attached hydrogens (tertiary/aromatic N) is 2. The molecule has 0 aromatic carbocycles. The third-order valence-corrected chi connectivity index (χ3v) is 1.93. The van der Waals surface area contributed by atoms with Gasteiger partial charge in [-0.05, 0) is 6.42 Å². The van der Waals surface area contributed by atoms with E-state index in [-0.39, 0.29) is 5.92 Å². The van der Waals surface area contributed by atoms with Gasteiger partial charge in [-0.15, -0.1) is 0 Å². The highest BCUT2D eigenvalue weighted by Gasteiger charge is 2.14. The number of aromatic nitrogens is 2. The van der Waals surface area contributed by atoms with E-state index in [1.807, 2.05) is 6.92 Å². The van der Waals surface area contributed by atoms with E-state index in [0.29, 0.717) is 18.8 Å². The largest absolute Gasteiger partial charge is 0.481 e. The van der Waals surface area contributed by atoms with Gasteiger partial charge in [0.1, 0.15) is 5.82 Å². The van der Waals surface area contributed by atoms with Crippen molar-refractivity contribution >= 4 is 11.8 Å². The Kier molecular flexibility index (Phi) is 3.84. The highest BCUT2D eigenvalue weighted by Crippen LogP contribution is 2.05. The van der Waals surface area contributed by atoms with E-state index in [4.69, 9.17) is 5.11 Å². The number of rotatable bonds is 5. The molecule has 0 aliphatic rings. The smallest absolute Gasteiger partial charge is 0.308 e. The van der Waals surface area contributed by atoms with Crippen molar-refractivity contribution in [1.29, 1.82) is 0 Å². The number of hydrogen-bond donors (Lipinski definition) is 2. The molecule has 1 aromatic heterocycles. The fraction of sp³-hybridized carbons (Fsp3) is 0.444. The fourth-order valence-electron chi connectivity index (χ4n) is 1.02. The van der Waals surface area contributed by atoms with E-state index in [2.05, 4.69) is 15.3 Å². The fourth-order valence-corrected chi connectivity index (χ4v) is 1.02. The molecule has 1 unspecified atom stereocenters. The summed E-state index contributed by atoms with van der Waals surface area (Å²) in [7, 11) is 0. The summed E-state index contributed by atoms with van der Waals surface area (Å²) in [6, 6.07) is 0. The summed E-state index contributed by atoms with van der Waals surface area (Å²) in [4.78, 5) is 18.5. The Hall–Kier alpha value is -1.65. The van der Waals surface area contributed by atoms with Gasteiger partial charge in [0, 0.05) is 18.9 Å². The van der Waals surface area contributed by atoms with Crippen molar-refractivity contribution in [2.24, 2.45) is 5.92 Å². The number of carboxylic acids is 1. The molecule has 0 saturated heterocycles. The van der Waals surface area contributed by atoms with Gasteiger partial charge in [0.15, 0.2) is 0 Å².